The van der Waals surface area contributed by atoms with Crippen molar-refractivity contribution in [1.29, 1.82) is 0 Å². The molecule has 7 heteroatoms. The molecule has 1 unspecified atom stereocenters. The molecule has 0 spiro atoms. The Balaban J connectivity index is 1.64. The second-order valence-corrected chi connectivity index (χ2v) is 5.47. The second kappa shape index (κ2) is 4.78. The molecule has 4 heterocycles. The Bertz CT molecular complexity index is 667. The summed E-state index contributed by atoms with van der Waals surface area (Å²) in [7, 11) is 0. The first-order valence-electron chi connectivity index (χ1n) is 6.99. The van der Waals surface area contributed by atoms with Crippen LogP contribution in [0.2, 0.25) is 0 Å². The average Bonchev–Trinajstić information content (AvgIpc) is 2.98. The van der Waals surface area contributed by atoms with Crippen molar-refractivity contribution in [1.82, 2.24) is 19.9 Å². The van der Waals surface area contributed by atoms with Crippen molar-refractivity contribution in [2.24, 2.45) is 0 Å². The molecule has 0 radical (unpaired) electrons. The standard InChI is InChI=1S/C14H15FN4O2/c15-9-1-2-10(12(20)7-9)14-16-13(17-21-14)11-8-18-3-5-19(11)6-4-18/h1-2,7,11,20H,3-6,8H2. The molecule has 1 aromatic carbocycles. The van der Waals surface area contributed by atoms with Crippen LogP contribution in [0.3, 0.4) is 0 Å². The number of aromatic nitrogens is 2. The Morgan fingerprint density at radius 3 is 2.71 bits per heavy atom. The summed E-state index contributed by atoms with van der Waals surface area (Å²) < 4.78 is 18.3. The molecule has 21 heavy (non-hydrogen) atoms. The molecule has 3 saturated heterocycles. The van der Waals surface area contributed by atoms with Gasteiger partial charge in [-0.2, -0.15) is 4.98 Å². The Morgan fingerprint density at radius 1 is 1.24 bits per heavy atom. The molecule has 0 aliphatic carbocycles. The van der Waals surface area contributed by atoms with Gasteiger partial charge in [0, 0.05) is 38.8 Å². The summed E-state index contributed by atoms with van der Waals surface area (Å²) in [5.41, 5.74) is 0.353. The molecule has 3 aliphatic rings. The Hall–Kier alpha value is -1.99. The van der Waals surface area contributed by atoms with Gasteiger partial charge in [0.15, 0.2) is 5.82 Å². The summed E-state index contributed by atoms with van der Waals surface area (Å²) in [6, 6.07) is 3.87. The van der Waals surface area contributed by atoms with E-state index in [0.717, 1.165) is 38.8 Å². The molecule has 3 fully saturated rings. The van der Waals surface area contributed by atoms with E-state index in [1.165, 1.54) is 12.1 Å². The number of halogens is 1. The zero-order valence-electron chi connectivity index (χ0n) is 11.4. The van der Waals surface area contributed by atoms with Gasteiger partial charge in [-0.25, -0.2) is 4.39 Å². The van der Waals surface area contributed by atoms with Gasteiger partial charge in [0.05, 0.1) is 11.6 Å². The summed E-state index contributed by atoms with van der Waals surface area (Å²) in [4.78, 5) is 9.12. The zero-order valence-corrected chi connectivity index (χ0v) is 11.4. The SMILES string of the molecule is Oc1cc(F)ccc1-c1nc(C2CN3CCN2CC3)no1. The number of piperazine rings is 3. The fourth-order valence-corrected chi connectivity index (χ4v) is 3.03. The number of nitrogens with zero attached hydrogens (tertiary/aromatic N) is 4. The van der Waals surface area contributed by atoms with Gasteiger partial charge in [-0.1, -0.05) is 5.16 Å². The second-order valence-electron chi connectivity index (χ2n) is 5.47. The van der Waals surface area contributed by atoms with Crippen LogP contribution < -0.4 is 0 Å². The van der Waals surface area contributed by atoms with E-state index in [9.17, 15) is 9.50 Å². The lowest BCUT2D eigenvalue weighted by atomic mass is 10.1. The van der Waals surface area contributed by atoms with Gasteiger partial charge in [-0.3, -0.25) is 9.80 Å². The number of fused-ring (bicyclic) bond motifs is 3. The third-order valence-corrected chi connectivity index (χ3v) is 4.21. The first-order valence-corrected chi connectivity index (χ1v) is 6.99. The van der Waals surface area contributed by atoms with Gasteiger partial charge in [0.25, 0.3) is 5.89 Å². The predicted octanol–water partition coefficient (Wildman–Crippen LogP) is 1.25. The molecule has 2 bridgehead atoms. The third-order valence-electron chi connectivity index (χ3n) is 4.21. The normalized spacial score (nSPS) is 28.0. The molecule has 110 valence electrons. The minimum absolute atomic E-state index is 0.132. The van der Waals surface area contributed by atoms with Gasteiger partial charge in [0.2, 0.25) is 0 Å². The van der Waals surface area contributed by atoms with Crippen LogP contribution >= 0.6 is 0 Å². The van der Waals surface area contributed by atoms with E-state index in [0.29, 0.717) is 11.4 Å². The average molecular weight is 290 g/mol. The van der Waals surface area contributed by atoms with Gasteiger partial charge in [-0.05, 0) is 12.1 Å². The maximum absolute atomic E-state index is 13.0. The number of aromatic hydroxyl groups is 1. The molecule has 5 rings (SSSR count). The summed E-state index contributed by atoms with van der Waals surface area (Å²) in [6.45, 7) is 5.08. The van der Waals surface area contributed by atoms with Crippen molar-refractivity contribution >= 4 is 0 Å². The fourth-order valence-electron chi connectivity index (χ4n) is 3.03. The zero-order chi connectivity index (χ0) is 14.4. The molecular formula is C14H15FN4O2. The summed E-state index contributed by atoms with van der Waals surface area (Å²) >= 11 is 0. The quantitative estimate of drug-likeness (QED) is 0.898. The number of rotatable bonds is 2. The van der Waals surface area contributed by atoms with Crippen molar-refractivity contribution in [3.05, 3.63) is 29.8 Å². The highest BCUT2D eigenvalue weighted by molar-refractivity contribution is 5.61. The molecule has 1 N–H and O–H groups in total. The van der Waals surface area contributed by atoms with Crippen LogP contribution in [0, 0.1) is 5.82 Å². The van der Waals surface area contributed by atoms with Crippen molar-refractivity contribution in [2.45, 2.75) is 6.04 Å². The van der Waals surface area contributed by atoms with Crippen LogP contribution in [-0.2, 0) is 0 Å². The van der Waals surface area contributed by atoms with E-state index in [2.05, 4.69) is 19.9 Å². The topological polar surface area (TPSA) is 65.6 Å². The van der Waals surface area contributed by atoms with E-state index in [-0.39, 0.29) is 17.7 Å². The lowest BCUT2D eigenvalue weighted by Gasteiger charge is -2.46. The highest BCUT2D eigenvalue weighted by Gasteiger charge is 2.35. The monoisotopic (exact) mass is 290 g/mol. The number of benzene rings is 1. The highest BCUT2D eigenvalue weighted by Crippen LogP contribution is 2.31. The Labute approximate surface area is 120 Å². The van der Waals surface area contributed by atoms with Crippen LogP contribution in [0.4, 0.5) is 4.39 Å². The van der Waals surface area contributed by atoms with Crippen LogP contribution in [-0.4, -0.2) is 57.8 Å². The van der Waals surface area contributed by atoms with Crippen molar-refractivity contribution < 1.29 is 14.0 Å². The molecule has 0 amide bonds. The van der Waals surface area contributed by atoms with E-state index in [1.54, 1.807) is 0 Å². The van der Waals surface area contributed by atoms with Crippen molar-refractivity contribution in [2.75, 3.05) is 32.7 Å². The molecule has 1 aromatic heterocycles. The van der Waals surface area contributed by atoms with Crippen LogP contribution in [0.25, 0.3) is 11.5 Å². The minimum atomic E-state index is -0.500. The first kappa shape index (κ1) is 12.7. The number of phenolic OH excluding ortho intramolecular Hbond substituents is 1. The van der Waals surface area contributed by atoms with Crippen molar-refractivity contribution in [3.8, 4) is 17.2 Å². The van der Waals surface area contributed by atoms with Crippen molar-refractivity contribution in [3.63, 3.8) is 0 Å². The maximum atomic E-state index is 13.0. The van der Waals surface area contributed by atoms with E-state index in [4.69, 9.17) is 4.52 Å². The molecule has 1 atom stereocenters. The molecule has 0 saturated carbocycles. The predicted molar refractivity (Wildman–Crippen MR) is 72.1 cm³/mol. The summed E-state index contributed by atoms with van der Waals surface area (Å²) in [5.74, 6) is 0.150. The smallest absolute Gasteiger partial charge is 0.261 e. The largest absolute Gasteiger partial charge is 0.507 e. The van der Waals surface area contributed by atoms with Gasteiger partial charge >= 0.3 is 0 Å². The van der Waals surface area contributed by atoms with E-state index >= 15 is 0 Å². The van der Waals surface area contributed by atoms with E-state index in [1.807, 2.05) is 0 Å². The summed E-state index contributed by atoms with van der Waals surface area (Å²) in [5, 5.41) is 13.8. The molecule has 3 aliphatic heterocycles. The molecular weight excluding hydrogens is 275 g/mol. The minimum Gasteiger partial charge on any atom is -0.507 e. The van der Waals surface area contributed by atoms with Gasteiger partial charge < -0.3 is 9.63 Å². The molecule has 6 nitrogen and oxygen atoms in total. The lowest BCUT2D eigenvalue weighted by molar-refractivity contribution is 0.00781. The highest BCUT2D eigenvalue weighted by atomic mass is 19.1. The number of phenols is 1. The Kier molecular flexibility index (Phi) is 2.90. The molecule has 2 aromatic rings. The number of hydrogen-bond acceptors (Lipinski definition) is 6. The third kappa shape index (κ3) is 2.18. The van der Waals surface area contributed by atoms with Crippen LogP contribution in [0.5, 0.6) is 5.75 Å². The fraction of sp³-hybridized carbons (Fsp3) is 0.429. The maximum Gasteiger partial charge on any atom is 0.261 e. The lowest BCUT2D eigenvalue weighted by Crippen LogP contribution is -2.57. The first-order chi connectivity index (χ1) is 10.2. The summed E-state index contributed by atoms with van der Waals surface area (Å²) in [6.07, 6.45) is 0. The Morgan fingerprint density at radius 2 is 2.05 bits per heavy atom. The van der Waals surface area contributed by atoms with Gasteiger partial charge in [-0.15, -0.1) is 0 Å². The van der Waals surface area contributed by atoms with Crippen LogP contribution in [0.1, 0.15) is 11.9 Å². The van der Waals surface area contributed by atoms with Gasteiger partial charge in [0.1, 0.15) is 11.6 Å². The number of hydrogen-bond donors (Lipinski definition) is 1. The van der Waals surface area contributed by atoms with E-state index < -0.39 is 5.82 Å². The van der Waals surface area contributed by atoms with Crippen LogP contribution in [0.15, 0.2) is 22.7 Å².